The molecular weight excluding hydrogens is 427 g/mol. The average molecular weight is 456 g/mol. The molecule has 0 N–H and O–H groups in total. The van der Waals surface area contributed by atoms with Gasteiger partial charge in [0.15, 0.2) is 0 Å². The molecule has 174 valence electrons. The van der Waals surface area contributed by atoms with Crippen LogP contribution in [0.5, 0.6) is 0 Å². The number of halogens is 3. The number of carbonyl (C=O) groups is 1. The second-order valence-corrected chi connectivity index (χ2v) is 9.90. The molecule has 33 heavy (non-hydrogen) atoms. The maximum Gasteiger partial charge on any atom is 0.320 e. The van der Waals surface area contributed by atoms with E-state index in [2.05, 4.69) is 11.1 Å². The summed E-state index contributed by atoms with van der Waals surface area (Å²) in [5, 5.41) is 0. The molecule has 1 unspecified atom stereocenters. The molecular formula is C26H28F3N3O. The number of urea groups is 1. The van der Waals surface area contributed by atoms with E-state index in [1.165, 1.54) is 12.1 Å². The lowest BCUT2D eigenvalue weighted by molar-refractivity contribution is -0.0659. The third kappa shape index (κ3) is 3.81. The zero-order valence-electron chi connectivity index (χ0n) is 18.8. The van der Waals surface area contributed by atoms with Crippen LogP contribution in [0.4, 0.5) is 18.0 Å². The van der Waals surface area contributed by atoms with Gasteiger partial charge in [-0.25, -0.2) is 18.0 Å². The van der Waals surface area contributed by atoms with Crippen molar-refractivity contribution in [3.05, 3.63) is 60.2 Å². The Labute approximate surface area is 192 Å². The van der Waals surface area contributed by atoms with Crippen LogP contribution in [0.1, 0.15) is 31.4 Å². The Hall–Kier alpha value is -2.83. The second-order valence-electron chi connectivity index (χ2n) is 9.90. The molecule has 3 fully saturated rings. The van der Waals surface area contributed by atoms with E-state index in [9.17, 15) is 18.0 Å². The molecule has 3 aliphatic rings. The number of hydrogen-bond donors (Lipinski definition) is 0. The summed E-state index contributed by atoms with van der Waals surface area (Å²) in [7, 11) is 3.58. The molecule has 1 saturated heterocycles. The highest BCUT2D eigenvalue weighted by Gasteiger charge is 2.62. The Morgan fingerprint density at radius 2 is 1.94 bits per heavy atom. The second kappa shape index (κ2) is 7.89. The highest BCUT2D eigenvalue weighted by atomic mass is 19.3. The van der Waals surface area contributed by atoms with Crippen LogP contribution in [0.15, 0.2) is 48.7 Å². The average Bonchev–Trinajstić information content (AvgIpc) is 3.19. The largest absolute Gasteiger partial charge is 0.325 e. The van der Waals surface area contributed by atoms with Crippen LogP contribution in [-0.4, -0.2) is 52.9 Å². The number of pyridine rings is 1. The molecule has 1 spiro atoms. The summed E-state index contributed by atoms with van der Waals surface area (Å²) in [5.41, 5.74) is 1.85. The predicted octanol–water partition coefficient (Wildman–Crippen LogP) is 5.71. The highest BCUT2D eigenvalue weighted by Crippen LogP contribution is 2.58. The molecule has 1 aromatic carbocycles. The monoisotopic (exact) mass is 455 g/mol. The first-order valence-corrected chi connectivity index (χ1v) is 11.5. The molecule has 2 saturated carbocycles. The van der Waals surface area contributed by atoms with Crippen molar-refractivity contribution in [3.63, 3.8) is 0 Å². The van der Waals surface area contributed by atoms with Crippen LogP contribution < -0.4 is 0 Å². The number of nitrogens with zero attached hydrogens (tertiary/aromatic N) is 3. The first kappa shape index (κ1) is 22.0. The Bertz CT molecular complexity index is 1090. The number of rotatable bonds is 3. The zero-order valence-corrected chi connectivity index (χ0v) is 18.8. The Kier molecular flexibility index (Phi) is 5.26. The van der Waals surface area contributed by atoms with Gasteiger partial charge in [0, 0.05) is 51.2 Å². The third-order valence-corrected chi connectivity index (χ3v) is 7.92. The zero-order chi connectivity index (χ0) is 23.4. The minimum absolute atomic E-state index is 0.0119. The fraction of sp³-hybridized carbons (Fsp3) is 0.462. The van der Waals surface area contributed by atoms with Gasteiger partial charge < -0.3 is 9.80 Å². The summed E-state index contributed by atoms with van der Waals surface area (Å²) in [4.78, 5) is 20.6. The van der Waals surface area contributed by atoms with Crippen molar-refractivity contribution < 1.29 is 18.0 Å². The third-order valence-electron chi connectivity index (χ3n) is 7.92. The van der Waals surface area contributed by atoms with Crippen molar-refractivity contribution in [1.82, 2.24) is 14.8 Å². The van der Waals surface area contributed by atoms with Crippen LogP contribution in [0.2, 0.25) is 0 Å². The van der Waals surface area contributed by atoms with Gasteiger partial charge >= 0.3 is 6.03 Å². The van der Waals surface area contributed by atoms with Gasteiger partial charge in [-0.15, -0.1) is 0 Å². The van der Waals surface area contributed by atoms with Crippen molar-refractivity contribution in [2.24, 2.45) is 17.8 Å². The highest BCUT2D eigenvalue weighted by molar-refractivity contribution is 5.78. The number of benzene rings is 1. The Morgan fingerprint density at radius 3 is 2.61 bits per heavy atom. The molecule has 0 radical (unpaired) electrons. The van der Waals surface area contributed by atoms with Crippen LogP contribution >= 0.6 is 0 Å². The van der Waals surface area contributed by atoms with E-state index in [0.717, 1.165) is 16.8 Å². The topological polar surface area (TPSA) is 36.4 Å². The first-order chi connectivity index (χ1) is 15.7. The maximum atomic E-state index is 14.2. The fourth-order valence-electron chi connectivity index (χ4n) is 6.36. The summed E-state index contributed by atoms with van der Waals surface area (Å²) >= 11 is 0. The number of amides is 2. The van der Waals surface area contributed by atoms with Gasteiger partial charge in [-0.2, -0.15) is 0 Å². The Balaban J connectivity index is 1.43. The van der Waals surface area contributed by atoms with E-state index >= 15 is 0 Å². The number of aromatic nitrogens is 1. The van der Waals surface area contributed by atoms with Gasteiger partial charge in [0.25, 0.3) is 0 Å². The fourth-order valence-corrected chi connectivity index (χ4v) is 6.36. The predicted molar refractivity (Wildman–Crippen MR) is 121 cm³/mol. The summed E-state index contributed by atoms with van der Waals surface area (Å²) in [6, 6.07) is 10.1. The van der Waals surface area contributed by atoms with Crippen molar-refractivity contribution in [2.75, 3.05) is 20.6 Å². The molecule has 5 rings (SSSR count). The molecule has 4 atom stereocenters. The molecule has 0 bridgehead atoms. The molecule has 1 aromatic heterocycles. The van der Waals surface area contributed by atoms with Gasteiger partial charge in [0.1, 0.15) is 5.82 Å². The summed E-state index contributed by atoms with van der Waals surface area (Å²) < 4.78 is 41.9. The number of alkyl halides is 2. The molecule has 2 amide bonds. The number of carbonyl (C=O) groups excluding carboxylic acids is 1. The van der Waals surface area contributed by atoms with Crippen molar-refractivity contribution in [3.8, 4) is 11.1 Å². The van der Waals surface area contributed by atoms with Gasteiger partial charge in [0.05, 0.1) is 11.2 Å². The molecule has 2 aromatic rings. The Morgan fingerprint density at radius 1 is 1.12 bits per heavy atom. The molecule has 2 heterocycles. The van der Waals surface area contributed by atoms with Crippen molar-refractivity contribution in [2.45, 2.75) is 37.1 Å². The van der Waals surface area contributed by atoms with Gasteiger partial charge in [-0.3, -0.25) is 4.98 Å². The summed E-state index contributed by atoms with van der Waals surface area (Å²) in [5.74, 6) is -2.91. The number of hydrogen-bond acceptors (Lipinski definition) is 2. The van der Waals surface area contributed by atoms with E-state index in [-0.39, 0.29) is 42.4 Å². The standard InChI is InChI=1S/C26H28F3N3O/c1-31-16-25(32(2)24(31)33)13-19-14-26(28,29)11-10-22(19)23(25)9-8-21-7-6-18(15-30-21)17-4-3-5-20(27)12-17/h3-9,12,15,19,22-23H,10-11,13-14,16H2,1-2H3/t19-,22+,23-,25?/m0/s1. The minimum atomic E-state index is -2.62. The number of likely N-dealkylation sites (N-methyl/N-ethyl adjacent to an activating group) is 2. The lowest BCUT2D eigenvalue weighted by Gasteiger charge is -2.37. The molecule has 2 aliphatic carbocycles. The van der Waals surface area contributed by atoms with Gasteiger partial charge in [-0.05, 0) is 54.5 Å². The lowest BCUT2D eigenvalue weighted by Crippen LogP contribution is -2.48. The normalized spacial score (nSPS) is 31.1. The van der Waals surface area contributed by atoms with E-state index in [1.54, 1.807) is 36.2 Å². The lowest BCUT2D eigenvalue weighted by atomic mass is 9.75. The number of fused-ring (bicyclic) bond motifs is 1. The van der Waals surface area contributed by atoms with Crippen LogP contribution in [0, 0.1) is 23.6 Å². The van der Waals surface area contributed by atoms with Crippen LogP contribution in [0.25, 0.3) is 17.2 Å². The van der Waals surface area contributed by atoms with Crippen molar-refractivity contribution >= 4 is 12.1 Å². The molecule has 7 heteroatoms. The van der Waals surface area contributed by atoms with Gasteiger partial charge in [-0.1, -0.05) is 24.3 Å². The smallest absolute Gasteiger partial charge is 0.320 e. The SMILES string of the molecule is CN1CC2(C[C@H]3CC(F)(F)CC[C@H]3[C@@H]2C=Cc2ccc(-c3cccc(F)c3)cn2)N(C)C1=O. The first-order valence-electron chi connectivity index (χ1n) is 11.5. The minimum Gasteiger partial charge on any atom is -0.325 e. The van der Waals surface area contributed by atoms with E-state index in [0.29, 0.717) is 19.4 Å². The van der Waals surface area contributed by atoms with Crippen LogP contribution in [-0.2, 0) is 0 Å². The van der Waals surface area contributed by atoms with E-state index in [1.807, 2.05) is 24.3 Å². The summed E-state index contributed by atoms with van der Waals surface area (Å²) in [6.07, 6.45) is 6.60. The van der Waals surface area contributed by atoms with Gasteiger partial charge in [0.2, 0.25) is 5.92 Å². The molecule has 4 nitrogen and oxygen atoms in total. The van der Waals surface area contributed by atoms with E-state index in [4.69, 9.17) is 0 Å². The van der Waals surface area contributed by atoms with Crippen molar-refractivity contribution in [1.29, 1.82) is 0 Å². The van der Waals surface area contributed by atoms with E-state index < -0.39 is 11.5 Å². The maximum absolute atomic E-state index is 14.2. The molecule has 1 aliphatic heterocycles. The summed E-state index contributed by atoms with van der Waals surface area (Å²) in [6.45, 7) is 0.544. The quantitative estimate of drug-likeness (QED) is 0.595. The van der Waals surface area contributed by atoms with Crippen LogP contribution in [0.3, 0.4) is 0 Å².